The van der Waals surface area contributed by atoms with Crippen molar-refractivity contribution in [3.63, 3.8) is 0 Å². The number of benzene rings is 2. The highest BCUT2D eigenvalue weighted by Crippen LogP contribution is 2.33. The molecule has 2 aromatic carbocycles. The number of likely N-dealkylation sites (tertiary alicyclic amines) is 1. The zero-order valence-electron chi connectivity index (χ0n) is 22.2. The molecule has 0 radical (unpaired) electrons. The first kappa shape index (κ1) is 29.2. The number of hydrogen-bond donors (Lipinski definition) is 5. The maximum Gasteiger partial charge on any atom is 0.322 e. The minimum atomic E-state index is -1.43. The van der Waals surface area contributed by atoms with Crippen LogP contribution in [0.1, 0.15) is 30.5 Å². The first-order valence-electron chi connectivity index (χ1n) is 13.3. The van der Waals surface area contributed by atoms with E-state index < -0.39 is 54.3 Å². The number of aromatic nitrogens is 1. The number of amides is 5. The Kier molecular flexibility index (Phi) is 8.28. The van der Waals surface area contributed by atoms with Gasteiger partial charge in [0.1, 0.15) is 18.1 Å². The topological polar surface area (TPSA) is 178 Å². The number of para-hydroxylation sites is 1. The monoisotopic (exact) mass is 614 g/mol. The molecule has 220 valence electrons. The molecule has 42 heavy (non-hydrogen) atoms. The van der Waals surface area contributed by atoms with Crippen LogP contribution in [0.4, 0.5) is 10.5 Å². The van der Waals surface area contributed by atoms with E-state index in [0.717, 1.165) is 22.2 Å². The number of fused-ring (bicyclic) bond motifs is 3. The van der Waals surface area contributed by atoms with E-state index >= 15 is 0 Å². The lowest BCUT2D eigenvalue weighted by atomic mass is 9.95. The molecule has 3 heterocycles. The molecule has 5 rings (SSSR count). The lowest BCUT2D eigenvalue weighted by Gasteiger charge is -2.38. The van der Waals surface area contributed by atoms with Crippen molar-refractivity contribution in [2.75, 3.05) is 11.9 Å². The third-order valence-corrected chi connectivity index (χ3v) is 8.34. The second-order valence-corrected chi connectivity index (χ2v) is 11.1. The summed E-state index contributed by atoms with van der Waals surface area (Å²) in [6.07, 6.45) is 0.318. The number of urea groups is 1. The van der Waals surface area contributed by atoms with E-state index in [1.165, 1.54) is 15.9 Å². The van der Waals surface area contributed by atoms with E-state index in [-0.39, 0.29) is 24.5 Å². The number of carbonyl (C=O) groups excluding carboxylic acids is 4. The van der Waals surface area contributed by atoms with Crippen molar-refractivity contribution >= 4 is 69.5 Å². The Morgan fingerprint density at radius 1 is 1.05 bits per heavy atom. The highest BCUT2D eigenvalue weighted by Gasteiger charge is 2.43. The van der Waals surface area contributed by atoms with E-state index in [9.17, 15) is 24.0 Å². The molecule has 12 nitrogen and oxygen atoms in total. The number of nitrogens with zero attached hydrogens (tertiary/aromatic N) is 2. The molecule has 3 aromatic rings. The minimum Gasteiger partial charge on any atom is -0.481 e. The fourth-order valence-electron chi connectivity index (χ4n) is 5.57. The van der Waals surface area contributed by atoms with Gasteiger partial charge in [0.25, 0.3) is 0 Å². The van der Waals surface area contributed by atoms with Crippen molar-refractivity contribution in [3.8, 4) is 0 Å². The van der Waals surface area contributed by atoms with Crippen LogP contribution in [0.3, 0.4) is 0 Å². The molecule has 3 atom stereocenters. The predicted octanol–water partition coefficient (Wildman–Crippen LogP) is 2.87. The zero-order chi connectivity index (χ0) is 30.1. The standard InChI is InChI=1S/C28H28Cl2N6O6/c29-17-8-7-14(10-18(17)30)32-28(42)36-13-21-16(15-4-1-2-5-19(15)33-21)11-23(36)27(41)35-9-3-6-22(35)26(40)34-20(25(31)39)12-24(37)38/h1-2,4-5,7-8,10,20,22-23,33H,3,6,9,11-13H2,(H2,31,39)(H,32,42)(H,34,40)(H,37,38)/t20-,22-,23+/m1/s1. The van der Waals surface area contributed by atoms with Crippen LogP contribution in [-0.2, 0) is 32.1 Å². The van der Waals surface area contributed by atoms with Gasteiger partial charge in [0.2, 0.25) is 17.7 Å². The number of anilines is 1. The van der Waals surface area contributed by atoms with Crippen LogP contribution < -0.4 is 16.4 Å². The summed E-state index contributed by atoms with van der Waals surface area (Å²) in [5.74, 6) is -3.42. The van der Waals surface area contributed by atoms with E-state index in [1.807, 2.05) is 24.3 Å². The van der Waals surface area contributed by atoms with Crippen molar-refractivity contribution < 1.29 is 29.1 Å². The fourth-order valence-corrected chi connectivity index (χ4v) is 5.87. The van der Waals surface area contributed by atoms with Gasteiger partial charge in [-0.3, -0.25) is 19.2 Å². The normalized spacial score (nSPS) is 18.8. The highest BCUT2D eigenvalue weighted by molar-refractivity contribution is 6.42. The summed E-state index contributed by atoms with van der Waals surface area (Å²) >= 11 is 12.1. The van der Waals surface area contributed by atoms with Crippen molar-refractivity contribution in [2.24, 2.45) is 5.73 Å². The lowest BCUT2D eigenvalue weighted by molar-refractivity contribution is -0.144. The Labute approximate surface area is 250 Å². The smallest absolute Gasteiger partial charge is 0.322 e. The molecule has 6 N–H and O–H groups in total. The minimum absolute atomic E-state index is 0.0979. The number of halogens is 2. The summed E-state index contributed by atoms with van der Waals surface area (Å²) in [6, 6.07) is 8.38. The zero-order valence-corrected chi connectivity index (χ0v) is 23.7. The molecule has 0 aliphatic carbocycles. The number of aromatic amines is 1. The summed E-state index contributed by atoms with van der Waals surface area (Å²) in [5.41, 5.74) is 8.24. The maximum absolute atomic E-state index is 14.1. The number of aliphatic carboxylic acids is 1. The van der Waals surface area contributed by atoms with Gasteiger partial charge in [-0.2, -0.15) is 0 Å². The van der Waals surface area contributed by atoms with E-state index in [2.05, 4.69) is 15.6 Å². The van der Waals surface area contributed by atoms with Crippen molar-refractivity contribution in [2.45, 2.75) is 50.4 Å². The Hall–Kier alpha value is -4.29. The van der Waals surface area contributed by atoms with Gasteiger partial charge >= 0.3 is 12.0 Å². The summed E-state index contributed by atoms with van der Waals surface area (Å²) in [6.45, 7) is 0.344. The lowest BCUT2D eigenvalue weighted by Crippen LogP contribution is -2.58. The van der Waals surface area contributed by atoms with Gasteiger partial charge in [-0.05, 0) is 42.7 Å². The highest BCUT2D eigenvalue weighted by atomic mass is 35.5. The maximum atomic E-state index is 14.1. The first-order valence-corrected chi connectivity index (χ1v) is 14.0. The molecule has 0 spiro atoms. The molecule has 1 aromatic heterocycles. The van der Waals surface area contributed by atoms with Crippen molar-refractivity contribution in [3.05, 3.63) is 63.8 Å². The molecular weight excluding hydrogens is 587 g/mol. The van der Waals surface area contributed by atoms with Gasteiger partial charge in [0, 0.05) is 35.2 Å². The van der Waals surface area contributed by atoms with Crippen LogP contribution in [0.2, 0.25) is 10.0 Å². The SMILES string of the molecule is NC(=O)[C@@H](CC(=O)O)NC(=O)[C@H]1CCCN1C(=O)[C@@H]1Cc2c([nH]c3ccccc23)CN1C(=O)Nc1ccc(Cl)c(Cl)c1. The average molecular weight is 615 g/mol. The van der Waals surface area contributed by atoms with E-state index in [1.54, 1.807) is 12.1 Å². The summed E-state index contributed by atoms with van der Waals surface area (Å²) in [4.78, 5) is 70.0. The Balaban J connectivity index is 1.43. The Bertz CT molecular complexity index is 1590. The second kappa shape index (κ2) is 11.9. The summed E-state index contributed by atoms with van der Waals surface area (Å²) in [5, 5.41) is 15.8. The van der Waals surface area contributed by atoms with Crippen LogP contribution in [-0.4, -0.2) is 74.3 Å². The molecule has 14 heteroatoms. The molecule has 1 fully saturated rings. The van der Waals surface area contributed by atoms with Crippen LogP contribution in [0.15, 0.2) is 42.5 Å². The Morgan fingerprint density at radius 3 is 2.52 bits per heavy atom. The van der Waals surface area contributed by atoms with Crippen LogP contribution in [0, 0.1) is 0 Å². The Morgan fingerprint density at radius 2 is 1.81 bits per heavy atom. The molecule has 0 saturated carbocycles. The van der Waals surface area contributed by atoms with Gasteiger partial charge in [0.15, 0.2) is 0 Å². The van der Waals surface area contributed by atoms with Gasteiger partial charge in [-0.15, -0.1) is 0 Å². The molecule has 0 bridgehead atoms. The third-order valence-electron chi connectivity index (χ3n) is 7.60. The van der Waals surface area contributed by atoms with Crippen LogP contribution >= 0.6 is 23.2 Å². The molecule has 2 aliphatic rings. The van der Waals surface area contributed by atoms with E-state index in [0.29, 0.717) is 23.6 Å². The molecule has 5 amide bonds. The van der Waals surface area contributed by atoms with Gasteiger partial charge in [0.05, 0.1) is 23.0 Å². The molecule has 2 aliphatic heterocycles. The van der Waals surface area contributed by atoms with Crippen molar-refractivity contribution in [1.29, 1.82) is 0 Å². The number of H-pyrrole nitrogens is 1. The number of nitrogens with two attached hydrogens (primary N) is 1. The summed E-state index contributed by atoms with van der Waals surface area (Å²) < 4.78 is 0. The number of primary amides is 1. The van der Waals surface area contributed by atoms with Crippen molar-refractivity contribution in [1.82, 2.24) is 20.1 Å². The number of nitrogens with one attached hydrogen (secondary N) is 3. The molecule has 1 saturated heterocycles. The fraction of sp³-hybridized carbons (Fsp3) is 0.321. The largest absolute Gasteiger partial charge is 0.481 e. The number of carboxylic acid groups (broad SMARTS) is 1. The molecular formula is C28H28Cl2N6O6. The average Bonchev–Trinajstić information content (AvgIpc) is 3.58. The number of carbonyl (C=O) groups is 5. The van der Waals surface area contributed by atoms with Crippen LogP contribution in [0.25, 0.3) is 10.9 Å². The van der Waals surface area contributed by atoms with Gasteiger partial charge in [-0.1, -0.05) is 41.4 Å². The second-order valence-electron chi connectivity index (χ2n) is 10.3. The number of rotatable bonds is 7. The number of carboxylic acids is 1. The summed E-state index contributed by atoms with van der Waals surface area (Å²) in [7, 11) is 0. The molecule has 0 unspecified atom stereocenters. The van der Waals surface area contributed by atoms with E-state index in [4.69, 9.17) is 34.0 Å². The third kappa shape index (κ3) is 5.86. The van der Waals surface area contributed by atoms with Gasteiger partial charge in [-0.25, -0.2) is 4.79 Å². The van der Waals surface area contributed by atoms with Gasteiger partial charge < -0.3 is 36.3 Å². The number of hydrogen-bond acceptors (Lipinski definition) is 5. The van der Waals surface area contributed by atoms with Crippen LogP contribution in [0.5, 0.6) is 0 Å². The first-order chi connectivity index (χ1) is 20.0. The quantitative estimate of drug-likeness (QED) is 0.273. The predicted molar refractivity (Wildman–Crippen MR) is 155 cm³/mol.